The molecule has 11 heavy (non-hydrogen) atoms. The van der Waals surface area contributed by atoms with Crippen molar-refractivity contribution in [2.45, 2.75) is 19.4 Å². The molecule has 0 amide bonds. The largest absolute Gasteiger partial charge is 0.395 e. The van der Waals surface area contributed by atoms with E-state index in [9.17, 15) is 0 Å². The van der Waals surface area contributed by atoms with Crippen LogP contribution >= 0.6 is 0 Å². The molecule has 1 aliphatic rings. The van der Waals surface area contributed by atoms with Gasteiger partial charge in [-0.05, 0) is 6.42 Å². The fourth-order valence-electron chi connectivity index (χ4n) is 1.63. The van der Waals surface area contributed by atoms with Crippen molar-refractivity contribution in [2.24, 2.45) is 0 Å². The third-order valence-electron chi connectivity index (χ3n) is 2.33. The number of aliphatic hydroxyl groups is 1. The number of nitrogens with one attached hydrogen (secondary N) is 1. The maximum atomic E-state index is 8.77. The van der Waals surface area contributed by atoms with Crippen LogP contribution in [0.25, 0.3) is 0 Å². The van der Waals surface area contributed by atoms with Crippen LogP contribution in [0.4, 0.5) is 0 Å². The zero-order chi connectivity index (χ0) is 8.10. The smallest absolute Gasteiger partial charge is 0.0558 e. The summed E-state index contributed by atoms with van der Waals surface area (Å²) in [5, 5.41) is 12.1. The van der Waals surface area contributed by atoms with Gasteiger partial charge in [0.05, 0.1) is 6.61 Å². The summed E-state index contributed by atoms with van der Waals surface area (Å²) in [5.41, 5.74) is 0. The maximum Gasteiger partial charge on any atom is 0.0558 e. The van der Waals surface area contributed by atoms with Gasteiger partial charge in [0.25, 0.3) is 0 Å². The summed E-state index contributed by atoms with van der Waals surface area (Å²) in [7, 11) is 0. The van der Waals surface area contributed by atoms with E-state index in [-0.39, 0.29) is 6.61 Å². The summed E-state index contributed by atoms with van der Waals surface area (Å²) in [4.78, 5) is 2.36. The first-order chi connectivity index (χ1) is 5.38. The average Bonchev–Trinajstić information content (AvgIpc) is 2.06. The Hall–Kier alpha value is -0.120. The Labute approximate surface area is 68.4 Å². The summed E-state index contributed by atoms with van der Waals surface area (Å²) in [6.45, 7) is 6.55. The predicted octanol–water partition coefficient (Wildman–Crippen LogP) is -0.337. The molecule has 0 saturated carbocycles. The van der Waals surface area contributed by atoms with Gasteiger partial charge >= 0.3 is 0 Å². The molecule has 3 heteroatoms. The van der Waals surface area contributed by atoms with Crippen LogP contribution in [0.3, 0.4) is 0 Å². The van der Waals surface area contributed by atoms with Crippen molar-refractivity contribution in [2.75, 3.05) is 32.8 Å². The number of hydrogen-bond donors (Lipinski definition) is 2. The molecule has 0 spiro atoms. The molecule has 0 aromatic heterocycles. The van der Waals surface area contributed by atoms with Crippen molar-refractivity contribution >= 4 is 0 Å². The van der Waals surface area contributed by atoms with Gasteiger partial charge in [0, 0.05) is 32.2 Å². The minimum absolute atomic E-state index is 0.288. The van der Waals surface area contributed by atoms with E-state index in [1.54, 1.807) is 0 Å². The molecule has 3 nitrogen and oxygen atoms in total. The standard InChI is InChI=1S/C8H18N2O/c1-2-8-7-9-3-4-10(8)5-6-11/h8-9,11H,2-7H2,1H3. The number of rotatable bonds is 3. The Morgan fingerprint density at radius 3 is 3.09 bits per heavy atom. The van der Waals surface area contributed by atoms with E-state index in [1.165, 1.54) is 6.42 Å². The Morgan fingerprint density at radius 1 is 1.64 bits per heavy atom. The molecule has 1 fully saturated rings. The van der Waals surface area contributed by atoms with E-state index in [0.29, 0.717) is 6.04 Å². The third kappa shape index (κ3) is 2.43. The number of hydrogen-bond acceptors (Lipinski definition) is 3. The number of aliphatic hydroxyl groups excluding tert-OH is 1. The van der Waals surface area contributed by atoms with Gasteiger partial charge in [0.2, 0.25) is 0 Å². The molecule has 0 radical (unpaired) electrons. The van der Waals surface area contributed by atoms with E-state index in [2.05, 4.69) is 17.1 Å². The van der Waals surface area contributed by atoms with Crippen LogP contribution in [-0.4, -0.2) is 48.8 Å². The van der Waals surface area contributed by atoms with Crippen molar-refractivity contribution in [3.63, 3.8) is 0 Å². The number of nitrogens with zero attached hydrogens (tertiary/aromatic N) is 1. The van der Waals surface area contributed by atoms with Crippen LogP contribution < -0.4 is 5.32 Å². The van der Waals surface area contributed by atoms with Crippen LogP contribution in [0.15, 0.2) is 0 Å². The lowest BCUT2D eigenvalue weighted by atomic mass is 10.1. The Bertz CT molecular complexity index is 106. The molecule has 0 aromatic rings. The second-order valence-corrected chi connectivity index (χ2v) is 3.03. The van der Waals surface area contributed by atoms with E-state index < -0.39 is 0 Å². The van der Waals surface area contributed by atoms with Crippen LogP contribution in [0.5, 0.6) is 0 Å². The number of β-amino-alcohol motifs (C(OH)–C–C–N with tert-alkyl or cyclic N) is 1. The van der Waals surface area contributed by atoms with Gasteiger partial charge in [0.15, 0.2) is 0 Å². The molecule has 1 aliphatic heterocycles. The fraction of sp³-hybridized carbons (Fsp3) is 1.00. The summed E-state index contributed by atoms with van der Waals surface area (Å²) in [6.07, 6.45) is 1.17. The highest BCUT2D eigenvalue weighted by molar-refractivity contribution is 4.77. The minimum atomic E-state index is 0.288. The van der Waals surface area contributed by atoms with Gasteiger partial charge in [-0.1, -0.05) is 6.92 Å². The molecular formula is C8H18N2O. The van der Waals surface area contributed by atoms with Gasteiger partial charge < -0.3 is 10.4 Å². The third-order valence-corrected chi connectivity index (χ3v) is 2.33. The van der Waals surface area contributed by atoms with Crippen LogP contribution in [0.1, 0.15) is 13.3 Å². The molecule has 1 rings (SSSR count). The fourth-order valence-corrected chi connectivity index (χ4v) is 1.63. The van der Waals surface area contributed by atoms with Crippen molar-refractivity contribution < 1.29 is 5.11 Å². The first-order valence-corrected chi connectivity index (χ1v) is 4.44. The molecule has 1 heterocycles. The van der Waals surface area contributed by atoms with Crippen molar-refractivity contribution in [3.8, 4) is 0 Å². The predicted molar refractivity (Wildman–Crippen MR) is 45.6 cm³/mol. The quantitative estimate of drug-likeness (QED) is 0.590. The lowest BCUT2D eigenvalue weighted by molar-refractivity contribution is 0.124. The van der Waals surface area contributed by atoms with Crippen LogP contribution in [-0.2, 0) is 0 Å². The Kier molecular flexibility index (Phi) is 3.83. The first-order valence-electron chi connectivity index (χ1n) is 4.44. The Morgan fingerprint density at radius 2 is 2.45 bits per heavy atom. The van der Waals surface area contributed by atoms with Crippen LogP contribution in [0, 0.1) is 0 Å². The monoisotopic (exact) mass is 158 g/mol. The summed E-state index contributed by atoms with van der Waals surface area (Å²) in [5.74, 6) is 0. The topological polar surface area (TPSA) is 35.5 Å². The molecular weight excluding hydrogens is 140 g/mol. The van der Waals surface area contributed by atoms with Gasteiger partial charge in [-0.2, -0.15) is 0 Å². The molecule has 1 unspecified atom stereocenters. The van der Waals surface area contributed by atoms with Gasteiger partial charge in [-0.25, -0.2) is 0 Å². The lowest BCUT2D eigenvalue weighted by Crippen LogP contribution is -2.51. The molecule has 0 aromatic carbocycles. The average molecular weight is 158 g/mol. The summed E-state index contributed by atoms with van der Waals surface area (Å²) < 4.78 is 0. The second kappa shape index (κ2) is 4.70. The number of piperazine rings is 1. The van der Waals surface area contributed by atoms with Crippen molar-refractivity contribution in [3.05, 3.63) is 0 Å². The van der Waals surface area contributed by atoms with Crippen molar-refractivity contribution in [1.82, 2.24) is 10.2 Å². The highest BCUT2D eigenvalue weighted by Gasteiger charge is 2.18. The zero-order valence-corrected chi connectivity index (χ0v) is 7.21. The van der Waals surface area contributed by atoms with Crippen LogP contribution in [0.2, 0.25) is 0 Å². The summed E-state index contributed by atoms with van der Waals surface area (Å²) in [6, 6.07) is 0.635. The molecule has 1 saturated heterocycles. The second-order valence-electron chi connectivity index (χ2n) is 3.03. The SMILES string of the molecule is CCC1CNCCN1CCO. The van der Waals surface area contributed by atoms with E-state index in [0.717, 1.165) is 26.2 Å². The maximum absolute atomic E-state index is 8.77. The zero-order valence-electron chi connectivity index (χ0n) is 7.21. The minimum Gasteiger partial charge on any atom is -0.395 e. The molecule has 2 N–H and O–H groups in total. The molecule has 0 bridgehead atoms. The molecule has 1 atom stereocenters. The molecule has 66 valence electrons. The first kappa shape index (κ1) is 8.97. The summed E-state index contributed by atoms with van der Waals surface area (Å²) >= 11 is 0. The van der Waals surface area contributed by atoms with E-state index in [4.69, 9.17) is 5.11 Å². The van der Waals surface area contributed by atoms with E-state index in [1.807, 2.05) is 0 Å². The highest BCUT2D eigenvalue weighted by Crippen LogP contribution is 2.05. The van der Waals surface area contributed by atoms with Gasteiger partial charge in [-0.15, -0.1) is 0 Å². The van der Waals surface area contributed by atoms with E-state index >= 15 is 0 Å². The highest BCUT2D eigenvalue weighted by atomic mass is 16.3. The Balaban J connectivity index is 2.31. The van der Waals surface area contributed by atoms with Gasteiger partial charge in [-0.3, -0.25) is 4.90 Å². The van der Waals surface area contributed by atoms with Crippen molar-refractivity contribution in [1.29, 1.82) is 0 Å². The lowest BCUT2D eigenvalue weighted by Gasteiger charge is -2.35. The normalized spacial score (nSPS) is 27.3. The van der Waals surface area contributed by atoms with Gasteiger partial charge in [0.1, 0.15) is 0 Å². The molecule has 0 aliphatic carbocycles.